The van der Waals surface area contributed by atoms with Crippen LogP contribution in [0.3, 0.4) is 0 Å². The summed E-state index contributed by atoms with van der Waals surface area (Å²) in [5.74, 6) is 0.776. The van der Waals surface area contributed by atoms with Gasteiger partial charge < -0.3 is 4.74 Å². The van der Waals surface area contributed by atoms with E-state index in [1.54, 1.807) is 6.07 Å². The third-order valence-electron chi connectivity index (χ3n) is 3.09. The van der Waals surface area contributed by atoms with Crippen molar-refractivity contribution in [1.82, 2.24) is 10.2 Å². The first-order valence-electron chi connectivity index (χ1n) is 6.67. The monoisotopic (exact) mass is 327 g/mol. The Hall–Kier alpha value is -2.10. The van der Waals surface area contributed by atoms with Crippen molar-refractivity contribution >= 4 is 28.9 Å². The van der Waals surface area contributed by atoms with Gasteiger partial charge in [0, 0.05) is 10.5 Å². The molecule has 1 aromatic heterocycles. The number of ether oxygens (including phenoxy) is 1. The molecule has 2 heterocycles. The number of H-pyrrole nitrogens is 1. The first-order valence-corrected chi connectivity index (χ1v) is 7.89. The Morgan fingerprint density at radius 3 is 2.82 bits per heavy atom. The van der Waals surface area contributed by atoms with E-state index in [-0.39, 0.29) is 0 Å². The normalized spacial score (nSPS) is 15.2. The summed E-state index contributed by atoms with van der Waals surface area (Å²) in [7, 11) is 0. The van der Waals surface area contributed by atoms with Crippen LogP contribution in [0.2, 0.25) is 0 Å². The van der Waals surface area contributed by atoms with Gasteiger partial charge in [0.2, 0.25) is 0 Å². The summed E-state index contributed by atoms with van der Waals surface area (Å²) < 4.78 is 6.56. The third kappa shape index (κ3) is 3.06. The van der Waals surface area contributed by atoms with Gasteiger partial charge in [-0.3, -0.25) is 5.10 Å². The van der Waals surface area contributed by atoms with Crippen molar-refractivity contribution < 1.29 is 4.74 Å². The van der Waals surface area contributed by atoms with Crippen LogP contribution in [0.5, 0.6) is 5.75 Å². The molecule has 6 heteroatoms. The Kier molecular flexibility index (Phi) is 3.77. The molecule has 0 unspecified atom stereocenters. The second-order valence-electron chi connectivity index (χ2n) is 5.40. The van der Waals surface area contributed by atoms with Crippen LogP contribution in [0, 0.1) is 16.0 Å². The Morgan fingerprint density at radius 2 is 2.14 bits per heavy atom. The Morgan fingerprint density at radius 1 is 1.32 bits per heavy atom. The first kappa shape index (κ1) is 14.8. The molecular formula is C16H13N3OS2. The standard InChI is InChI=1S/C16H13N3OS2/c1-16(2)8-13(22-15-6-5-14(21)18-19-15)11-7-10(9-17)3-4-12(11)20-16/h3-8H,1-2H3,(H,18,21). The zero-order valence-corrected chi connectivity index (χ0v) is 13.7. The molecule has 1 N–H and O–H groups in total. The molecule has 0 bridgehead atoms. The molecule has 110 valence electrons. The summed E-state index contributed by atoms with van der Waals surface area (Å²) in [6.07, 6.45) is 2.05. The number of hydrogen-bond donors (Lipinski definition) is 1. The second kappa shape index (κ2) is 5.59. The molecule has 0 saturated carbocycles. The summed E-state index contributed by atoms with van der Waals surface area (Å²) in [6.45, 7) is 4.00. The largest absolute Gasteiger partial charge is 0.483 e. The molecule has 0 spiro atoms. The van der Waals surface area contributed by atoms with Gasteiger partial charge >= 0.3 is 0 Å². The lowest BCUT2D eigenvalue weighted by Crippen LogP contribution is -2.28. The Bertz CT molecular complexity index is 842. The molecule has 0 radical (unpaired) electrons. The topological polar surface area (TPSA) is 61.7 Å². The minimum Gasteiger partial charge on any atom is -0.483 e. The first-order chi connectivity index (χ1) is 10.5. The lowest BCUT2D eigenvalue weighted by Gasteiger charge is -2.30. The second-order valence-corrected chi connectivity index (χ2v) is 6.90. The number of benzene rings is 1. The average molecular weight is 327 g/mol. The summed E-state index contributed by atoms with van der Waals surface area (Å²) in [4.78, 5) is 1.02. The number of nitrogens with one attached hydrogen (secondary N) is 1. The number of aromatic nitrogens is 2. The van der Waals surface area contributed by atoms with Crippen molar-refractivity contribution in [2.75, 3.05) is 0 Å². The number of aromatic amines is 1. The smallest absolute Gasteiger partial charge is 0.129 e. The minimum absolute atomic E-state index is 0.412. The summed E-state index contributed by atoms with van der Waals surface area (Å²) in [5, 5.41) is 16.9. The molecular weight excluding hydrogens is 314 g/mol. The highest BCUT2D eigenvalue weighted by atomic mass is 32.2. The molecule has 1 aliphatic heterocycles. The molecule has 1 aliphatic rings. The zero-order valence-electron chi connectivity index (χ0n) is 12.1. The number of rotatable bonds is 2. The van der Waals surface area contributed by atoms with Crippen LogP contribution in [0.25, 0.3) is 4.91 Å². The van der Waals surface area contributed by atoms with E-state index in [1.807, 2.05) is 44.2 Å². The van der Waals surface area contributed by atoms with Gasteiger partial charge in [-0.2, -0.15) is 10.4 Å². The van der Waals surface area contributed by atoms with E-state index in [4.69, 9.17) is 22.2 Å². The number of nitriles is 1. The molecule has 0 saturated heterocycles. The molecule has 22 heavy (non-hydrogen) atoms. The van der Waals surface area contributed by atoms with Gasteiger partial charge in [-0.25, -0.2) is 0 Å². The summed E-state index contributed by atoms with van der Waals surface area (Å²) in [6, 6.07) is 11.3. The number of fused-ring (bicyclic) bond motifs is 1. The molecule has 0 aliphatic carbocycles. The highest BCUT2D eigenvalue weighted by Gasteiger charge is 2.27. The molecule has 0 amide bonds. The van der Waals surface area contributed by atoms with Crippen LogP contribution >= 0.6 is 24.0 Å². The van der Waals surface area contributed by atoms with Crippen molar-refractivity contribution in [2.45, 2.75) is 24.5 Å². The van der Waals surface area contributed by atoms with Gasteiger partial charge in [-0.1, -0.05) is 24.0 Å². The molecule has 4 nitrogen and oxygen atoms in total. The van der Waals surface area contributed by atoms with Gasteiger partial charge in [-0.05, 0) is 50.3 Å². The molecule has 0 atom stereocenters. The van der Waals surface area contributed by atoms with Gasteiger partial charge in [0.05, 0.1) is 11.6 Å². The maximum Gasteiger partial charge on any atom is 0.129 e. The van der Waals surface area contributed by atoms with Crippen molar-refractivity contribution in [2.24, 2.45) is 0 Å². The predicted molar refractivity (Wildman–Crippen MR) is 89.1 cm³/mol. The number of nitrogens with zero attached hydrogens (tertiary/aromatic N) is 2. The van der Waals surface area contributed by atoms with E-state index in [0.29, 0.717) is 10.2 Å². The fourth-order valence-electron chi connectivity index (χ4n) is 2.17. The van der Waals surface area contributed by atoms with Crippen molar-refractivity contribution in [3.8, 4) is 11.8 Å². The van der Waals surface area contributed by atoms with E-state index in [9.17, 15) is 0 Å². The van der Waals surface area contributed by atoms with E-state index in [0.717, 1.165) is 21.2 Å². The van der Waals surface area contributed by atoms with E-state index in [2.05, 4.69) is 16.3 Å². The highest BCUT2D eigenvalue weighted by Crippen LogP contribution is 2.44. The van der Waals surface area contributed by atoms with Crippen LogP contribution in [0.15, 0.2) is 41.4 Å². The predicted octanol–water partition coefficient (Wildman–Crippen LogP) is 4.32. The molecule has 3 rings (SSSR count). The molecule has 1 aromatic carbocycles. The average Bonchev–Trinajstić information content (AvgIpc) is 2.48. The van der Waals surface area contributed by atoms with Crippen LogP contribution in [-0.2, 0) is 0 Å². The molecule has 0 fully saturated rings. The maximum absolute atomic E-state index is 9.10. The number of hydrogen-bond acceptors (Lipinski definition) is 5. The van der Waals surface area contributed by atoms with E-state index < -0.39 is 5.60 Å². The van der Waals surface area contributed by atoms with Crippen LogP contribution in [0.1, 0.15) is 25.0 Å². The van der Waals surface area contributed by atoms with Gasteiger partial charge in [0.15, 0.2) is 0 Å². The quantitative estimate of drug-likeness (QED) is 0.833. The van der Waals surface area contributed by atoms with Crippen molar-refractivity contribution in [3.05, 3.63) is 52.2 Å². The van der Waals surface area contributed by atoms with Crippen LogP contribution in [0.4, 0.5) is 0 Å². The number of thioether (sulfide) groups is 1. The SMILES string of the molecule is CC1(C)C=C(Sc2ccc(=S)[nH]n2)c2cc(C#N)ccc2O1. The molecule has 2 aromatic rings. The van der Waals surface area contributed by atoms with Crippen LogP contribution < -0.4 is 4.74 Å². The van der Waals surface area contributed by atoms with E-state index >= 15 is 0 Å². The zero-order chi connectivity index (χ0) is 15.7. The Labute approximate surface area is 137 Å². The lowest BCUT2D eigenvalue weighted by atomic mass is 10.0. The fraction of sp³-hybridized carbons (Fsp3) is 0.188. The summed E-state index contributed by atoms with van der Waals surface area (Å²) >= 11 is 6.53. The summed E-state index contributed by atoms with van der Waals surface area (Å²) in [5.41, 5.74) is 1.10. The highest BCUT2D eigenvalue weighted by molar-refractivity contribution is 8.08. The maximum atomic E-state index is 9.10. The Balaban J connectivity index is 2.05. The van der Waals surface area contributed by atoms with Gasteiger partial charge in [0.1, 0.15) is 21.0 Å². The van der Waals surface area contributed by atoms with Crippen LogP contribution in [-0.4, -0.2) is 15.8 Å². The third-order valence-corrected chi connectivity index (χ3v) is 4.32. The fourth-order valence-corrected chi connectivity index (χ4v) is 3.35. The van der Waals surface area contributed by atoms with E-state index in [1.165, 1.54) is 11.8 Å². The van der Waals surface area contributed by atoms with Crippen molar-refractivity contribution in [1.29, 1.82) is 5.26 Å². The lowest BCUT2D eigenvalue weighted by molar-refractivity contribution is 0.158. The van der Waals surface area contributed by atoms with Gasteiger partial charge in [-0.15, -0.1) is 0 Å². The minimum atomic E-state index is -0.412. The van der Waals surface area contributed by atoms with Crippen molar-refractivity contribution in [3.63, 3.8) is 0 Å². The van der Waals surface area contributed by atoms with Gasteiger partial charge in [0.25, 0.3) is 0 Å².